The van der Waals surface area contributed by atoms with Crippen LogP contribution in [0.2, 0.25) is 0 Å². The van der Waals surface area contributed by atoms with Crippen LogP contribution in [0, 0.1) is 5.82 Å². The van der Waals surface area contributed by atoms with E-state index < -0.39 is 11.4 Å². The summed E-state index contributed by atoms with van der Waals surface area (Å²) in [6, 6.07) is 4.42. The largest absolute Gasteiger partial charge is 0.444 e. The Bertz CT molecular complexity index is 1210. The highest BCUT2D eigenvalue weighted by Gasteiger charge is 2.30. The van der Waals surface area contributed by atoms with Crippen molar-refractivity contribution in [2.75, 3.05) is 32.5 Å². The van der Waals surface area contributed by atoms with Crippen LogP contribution in [0.15, 0.2) is 40.4 Å². The van der Waals surface area contributed by atoms with Gasteiger partial charge in [0.25, 0.3) is 5.91 Å². The number of rotatable bonds is 6. The van der Waals surface area contributed by atoms with Gasteiger partial charge in [-0.1, -0.05) is 6.58 Å². The Kier molecular flexibility index (Phi) is 8.84. The number of anilines is 1. The topological polar surface area (TPSA) is 79.2 Å². The summed E-state index contributed by atoms with van der Waals surface area (Å²) in [5.74, 6) is -0.150. The summed E-state index contributed by atoms with van der Waals surface area (Å²) in [6.45, 7) is 12.7. The third-order valence-corrected chi connectivity index (χ3v) is 6.53. The molecule has 8 nitrogen and oxygen atoms in total. The molecule has 10 heteroatoms. The van der Waals surface area contributed by atoms with Gasteiger partial charge in [-0.2, -0.15) is 0 Å². The number of likely N-dealkylation sites (tertiary alicyclic amines) is 1. The second-order valence-electron chi connectivity index (χ2n) is 10.2. The van der Waals surface area contributed by atoms with Crippen molar-refractivity contribution in [3.05, 3.63) is 52.4 Å². The molecule has 2 heterocycles. The summed E-state index contributed by atoms with van der Waals surface area (Å²) >= 11 is 3.63. The van der Waals surface area contributed by atoms with Crippen molar-refractivity contribution >= 4 is 51.3 Å². The molecule has 0 bridgehead atoms. The van der Waals surface area contributed by atoms with Crippen LogP contribution >= 0.6 is 15.9 Å². The number of carbonyl (C=O) groups excluding carboxylic acids is 2. The quantitative estimate of drug-likeness (QED) is 0.400. The van der Waals surface area contributed by atoms with Crippen molar-refractivity contribution in [3.8, 4) is 0 Å². The van der Waals surface area contributed by atoms with Gasteiger partial charge >= 0.3 is 6.09 Å². The van der Waals surface area contributed by atoms with E-state index in [-0.39, 0.29) is 29.3 Å². The second kappa shape index (κ2) is 11.5. The lowest BCUT2D eigenvalue weighted by molar-refractivity contribution is 0.0189. The van der Waals surface area contributed by atoms with E-state index in [0.29, 0.717) is 30.2 Å². The Morgan fingerprint density at radius 2 is 1.92 bits per heavy atom. The molecule has 1 saturated heterocycles. The SMILES string of the molecule is C=C(Nc1ccc(C(=O)N(C)C)cc1F)c1c(Br)cn(C2CCN(C(=O)OC(C)(C)C)CC2)c1/N=C\C. The highest BCUT2D eigenvalue weighted by Crippen LogP contribution is 2.40. The lowest BCUT2D eigenvalue weighted by atomic mass is 10.1. The molecule has 37 heavy (non-hydrogen) atoms. The van der Waals surface area contributed by atoms with Gasteiger partial charge in [-0.25, -0.2) is 14.2 Å². The number of piperidine rings is 1. The molecule has 0 aliphatic carbocycles. The molecule has 0 radical (unpaired) electrons. The monoisotopic (exact) mass is 575 g/mol. The number of halogens is 2. The third kappa shape index (κ3) is 6.80. The molecular formula is C27H35BrFN5O3. The van der Waals surface area contributed by atoms with Crippen LogP contribution in [0.1, 0.15) is 62.5 Å². The van der Waals surface area contributed by atoms with Crippen LogP contribution in [-0.4, -0.2) is 65.4 Å². The van der Waals surface area contributed by atoms with Crippen molar-refractivity contribution in [3.63, 3.8) is 0 Å². The number of hydrogen-bond donors (Lipinski definition) is 1. The summed E-state index contributed by atoms with van der Waals surface area (Å²) in [7, 11) is 3.24. The smallest absolute Gasteiger partial charge is 0.410 e. The first-order chi connectivity index (χ1) is 17.3. The lowest BCUT2D eigenvalue weighted by Crippen LogP contribution is -2.42. The predicted octanol–water partition coefficient (Wildman–Crippen LogP) is 6.47. The summed E-state index contributed by atoms with van der Waals surface area (Å²) in [5, 5.41) is 3.04. The van der Waals surface area contributed by atoms with Crippen molar-refractivity contribution in [2.24, 2.45) is 4.99 Å². The van der Waals surface area contributed by atoms with Gasteiger partial charge in [0.1, 0.15) is 17.2 Å². The Morgan fingerprint density at radius 3 is 2.46 bits per heavy atom. The number of benzene rings is 1. The molecule has 200 valence electrons. The zero-order valence-electron chi connectivity index (χ0n) is 22.3. The number of amides is 2. The van der Waals surface area contributed by atoms with E-state index in [4.69, 9.17) is 4.74 Å². The van der Waals surface area contributed by atoms with Crippen LogP contribution in [-0.2, 0) is 4.74 Å². The minimum atomic E-state index is -0.556. The van der Waals surface area contributed by atoms with E-state index in [1.54, 1.807) is 31.3 Å². The van der Waals surface area contributed by atoms with Gasteiger partial charge in [-0.3, -0.25) is 4.79 Å². The van der Waals surface area contributed by atoms with Gasteiger partial charge in [0.15, 0.2) is 0 Å². The summed E-state index contributed by atoms with van der Waals surface area (Å²) in [6.07, 6.45) is 4.83. The first-order valence-corrected chi connectivity index (χ1v) is 13.0. The van der Waals surface area contributed by atoms with Gasteiger partial charge in [0, 0.05) is 61.4 Å². The van der Waals surface area contributed by atoms with Crippen molar-refractivity contribution in [2.45, 2.75) is 52.2 Å². The molecule has 0 spiro atoms. The molecule has 0 saturated carbocycles. The molecule has 1 fully saturated rings. The van der Waals surface area contributed by atoms with Gasteiger partial charge in [-0.05, 0) is 74.7 Å². The molecule has 2 aromatic rings. The van der Waals surface area contributed by atoms with Crippen LogP contribution < -0.4 is 5.32 Å². The maximum Gasteiger partial charge on any atom is 0.410 e. The number of hydrogen-bond acceptors (Lipinski definition) is 5. The van der Waals surface area contributed by atoms with Gasteiger partial charge in [-0.15, -0.1) is 0 Å². The van der Waals surface area contributed by atoms with Crippen molar-refractivity contribution in [1.82, 2.24) is 14.4 Å². The number of aromatic nitrogens is 1. The maximum atomic E-state index is 14.8. The first-order valence-electron chi connectivity index (χ1n) is 12.2. The molecule has 1 N–H and O–H groups in total. The highest BCUT2D eigenvalue weighted by atomic mass is 79.9. The number of carbonyl (C=O) groups is 2. The van der Waals surface area contributed by atoms with Crippen LogP contribution in [0.4, 0.5) is 20.7 Å². The molecule has 1 aromatic carbocycles. The van der Waals surface area contributed by atoms with E-state index in [9.17, 15) is 14.0 Å². The van der Waals surface area contributed by atoms with E-state index in [2.05, 4.69) is 37.4 Å². The Labute approximate surface area is 226 Å². The molecule has 1 aliphatic rings. The fraction of sp³-hybridized carbons (Fsp3) is 0.444. The number of ether oxygens (including phenoxy) is 1. The van der Waals surface area contributed by atoms with E-state index in [1.807, 2.05) is 33.9 Å². The Hall–Kier alpha value is -3.14. The van der Waals surface area contributed by atoms with Crippen molar-refractivity contribution in [1.29, 1.82) is 0 Å². The summed E-state index contributed by atoms with van der Waals surface area (Å²) in [5.41, 5.74) is 1.10. The van der Waals surface area contributed by atoms with Crippen LogP contribution in [0.25, 0.3) is 5.70 Å². The normalized spacial score (nSPS) is 14.6. The molecular weight excluding hydrogens is 541 g/mol. The van der Waals surface area contributed by atoms with E-state index in [1.165, 1.54) is 17.0 Å². The maximum absolute atomic E-state index is 14.8. The zero-order chi connectivity index (χ0) is 27.5. The van der Waals surface area contributed by atoms with Crippen LogP contribution in [0.5, 0.6) is 0 Å². The molecule has 2 amide bonds. The molecule has 0 unspecified atom stereocenters. The predicted molar refractivity (Wildman–Crippen MR) is 149 cm³/mol. The fourth-order valence-electron chi connectivity index (χ4n) is 4.18. The Morgan fingerprint density at radius 1 is 1.27 bits per heavy atom. The zero-order valence-corrected chi connectivity index (χ0v) is 23.9. The van der Waals surface area contributed by atoms with E-state index in [0.717, 1.165) is 17.3 Å². The van der Waals surface area contributed by atoms with Crippen LogP contribution in [0.3, 0.4) is 0 Å². The minimum absolute atomic E-state index is 0.114. The summed E-state index contributed by atoms with van der Waals surface area (Å²) in [4.78, 5) is 32.3. The summed E-state index contributed by atoms with van der Waals surface area (Å²) < 4.78 is 23.2. The fourth-order valence-corrected chi connectivity index (χ4v) is 4.82. The lowest BCUT2D eigenvalue weighted by Gasteiger charge is -2.34. The molecule has 1 aliphatic heterocycles. The standard InChI is InChI=1S/C27H35BrFN5O3/c1-8-30-24-23(17(2)31-22-10-9-18(15-21(22)29)25(35)32(6)7)20(28)16-34(24)19-11-13-33(14-12-19)26(36)37-27(3,4)5/h8-10,15-16,19,31H,2,11-14H2,1,3-7H3/b30-8-. The average molecular weight is 577 g/mol. The molecule has 0 atom stereocenters. The molecule has 3 rings (SSSR count). The van der Waals surface area contributed by atoms with Crippen molar-refractivity contribution < 1.29 is 18.7 Å². The first kappa shape index (κ1) is 28.4. The second-order valence-corrected chi connectivity index (χ2v) is 11.0. The minimum Gasteiger partial charge on any atom is -0.444 e. The third-order valence-electron chi connectivity index (χ3n) is 5.93. The Balaban J connectivity index is 1.80. The average Bonchev–Trinajstić information content (AvgIpc) is 3.14. The van der Waals surface area contributed by atoms with Gasteiger partial charge in [0.2, 0.25) is 0 Å². The number of nitrogens with one attached hydrogen (secondary N) is 1. The number of aliphatic imine (C=N–C) groups is 1. The molecule has 1 aromatic heterocycles. The van der Waals surface area contributed by atoms with E-state index >= 15 is 0 Å². The highest BCUT2D eigenvalue weighted by molar-refractivity contribution is 9.10. The van der Waals surface area contributed by atoms with Gasteiger partial charge < -0.3 is 24.4 Å². The van der Waals surface area contributed by atoms with Gasteiger partial charge in [0.05, 0.1) is 11.3 Å². The number of nitrogens with zero attached hydrogens (tertiary/aromatic N) is 4.